The summed E-state index contributed by atoms with van der Waals surface area (Å²) in [7, 11) is 3.27. The second kappa shape index (κ2) is 12.3. The van der Waals surface area contributed by atoms with E-state index in [2.05, 4.69) is 10.4 Å². The van der Waals surface area contributed by atoms with E-state index in [1.165, 1.54) is 9.58 Å². The molecule has 3 aromatic rings. The maximum absolute atomic E-state index is 13.8. The van der Waals surface area contributed by atoms with Crippen molar-refractivity contribution in [3.8, 4) is 11.4 Å². The Labute approximate surface area is 240 Å². The molecule has 0 spiro atoms. The Morgan fingerprint density at radius 3 is 2.32 bits per heavy atom. The van der Waals surface area contributed by atoms with Gasteiger partial charge in [-0.1, -0.05) is 0 Å². The third kappa shape index (κ3) is 6.79. The number of hydrogen-bond acceptors (Lipinski definition) is 8. The molecule has 1 aromatic heterocycles. The number of benzene rings is 2. The van der Waals surface area contributed by atoms with Crippen LogP contribution in [0.5, 0.6) is 5.75 Å². The van der Waals surface area contributed by atoms with Gasteiger partial charge < -0.3 is 29.3 Å². The minimum absolute atomic E-state index is 0.154. The SMILES string of the molecule is CCOC(=O)c1nn(-c2ccc(OC)cc2)c2c1CCN(c1ccc(NCCN(C)C(=O)OC(C)(C)C)cc1)C2=O. The van der Waals surface area contributed by atoms with Crippen molar-refractivity contribution in [1.29, 1.82) is 0 Å². The molecule has 0 aliphatic carbocycles. The number of esters is 1. The number of likely N-dealkylation sites (N-methyl/N-ethyl adjacent to an activating group) is 1. The first-order valence-electron chi connectivity index (χ1n) is 13.6. The minimum Gasteiger partial charge on any atom is -0.497 e. The molecule has 0 saturated carbocycles. The molecule has 2 aromatic carbocycles. The number of amides is 2. The number of rotatable bonds is 9. The number of fused-ring (bicyclic) bond motifs is 1. The molecular weight excluding hydrogens is 526 g/mol. The quantitative estimate of drug-likeness (QED) is 0.378. The molecule has 1 N–H and O–H groups in total. The van der Waals surface area contributed by atoms with Gasteiger partial charge in [0, 0.05) is 43.6 Å². The first-order chi connectivity index (χ1) is 19.5. The molecule has 11 nitrogen and oxygen atoms in total. The van der Waals surface area contributed by atoms with Gasteiger partial charge in [-0.3, -0.25) is 4.79 Å². The summed E-state index contributed by atoms with van der Waals surface area (Å²) < 4.78 is 17.4. The van der Waals surface area contributed by atoms with Gasteiger partial charge in [-0.25, -0.2) is 14.3 Å². The Kier molecular flexibility index (Phi) is 8.85. The van der Waals surface area contributed by atoms with E-state index in [4.69, 9.17) is 14.2 Å². The number of hydrogen-bond donors (Lipinski definition) is 1. The van der Waals surface area contributed by atoms with Crippen LogP contribution in [0.1, 0.15) is 54.2 Å². The van der Waals surface area contributed by atoms with Crippen LogP contribution in [0.25, 0.3) is 5.69 Å². The van der Waals surface area contributed by atoms with Gasteiger partial charge >= 0.3 is 12.1 Å². The summed E-state index contributed by atoms with van der Waals surface area (Å²) in [5.74, 6) is -0.145. The van der Waals surface area contributed by atoms with Crippen LogP contribution >= 0.6 is 0 Å². The number of carbonyl (C=O) groups excluding carboxylic acids is 3. The third-order valence-electron chi connectivity index (χ3n) is 6.46. The maximum atomic E-state index is 13.8. The van der Waals surface area contributed by atoms with E-state index < -0.39 is 11.6 Å². The molecule has 0 atom stereocenters. The summed E-state index contributed by atoms with van der Waals surface area (Å²) in [4.78, 5) is 41.9. The van der Waals surface area contributed by atoms with Gasteiger partial charge in [0.1, 0.15) is 17.0 Å². The second-order valence-electron chi connectivity index (χ2n) is 10.6. The third-order valence-corrected chi connectivity index (χ3v) is 6.46. The Hall–Kier alpha value is -4.54. The van der Waals surface area contributed by atoms with Crippen molar-refractivity contribution in [2.24, 2.45) is 0 Å². The predicted octanol–water partition coefficient (Wildman–Crippen LogP) is 4.54. The molecule has 0 fully saturated rings. The Morgan fingerprint density at radius 1 is 1.05 bits per heavy atom. The molecule has 0 unspecified atom stereocenters. The Bertz CT molecular complexity index is 1390. The fraction of sp³-hybridized carbons (Fsp3) is 0.400. The molecule has 0 bridgehead atoms. The summed E-state index contributed by atoms with van der Waals surface area (Å²) in [6.45, 7) is 8.81. The zero-order chi connectivity index (χ0) is 29.7. The number of nitrogens with one attached hydrogen (secondary N) is 1. The monoisotopic (exact) mass is 563 g/mol. The van der Waals surface area contributed by atoms with E-state index in [1.54, 1.807) is 50.2 Å². The highest BCUT2D eigenvalue weighted by molar-refractivity contribution is 6.09. The smallest absolute Gasteiger partial charge is 0.410 e. The predicted molar refractivity (Wildman–Crippen MR) is 155 cm³/mol. The molecule has 2 amide bonds. The fourth-order valence-electron chi connectivity index (χ4n) is 4.44. The summed E-state index contributed by atoms with van der Waals surface area (Å²) >= 11 is 0. The van der Waals surface area contributed by atoms with Crippen molar-refractivity contribution in [1.82, 2.24) is 14.7 Å². The molecule has 1 aliphatic rings. The molecule has 1 aliphatic heterocycles. The van der Waals surface area contributed by atoms with Crippen molar-refractivity contribution in [3.63, 3.8) is 0 Å². The first kappa shape index (κ1) is 29.4. The summed E-state index contributed by atoms with van der Waals surface area (Å²) in [5.41, 5.74) is 2.71. The number of ether oxygens (including phenoxy) is 3. The van der Waals surface area contributed by atoms with Gasteiger partial charge in [0.15, 0.2) is 5.69 Å². The molecular formula is C30H37N5O6. The lowest BCUT2D eigenvalue weighted by Crippen LogP contribution is -2.39. The van der Waals surface area contributed by atoms with Crippen LogP contribution in [0.15, 0.2) is 48.5 Å². The maximum Gasteiger partial charge on any atom is 0.410 e. The van der Waals surface area contributed by atoms with Crippen LogP contribution < -0.4 is 15.0 Å². The lowest BCUT2D eigenvalue weighted by molar-refractivity contribution is 0.0305. The van der Waals surface area contributed by atoms with E-state index in [1.807, 2.05) is 45.0 Å². The van der Waals surface area contributed by atoms with Gasteiger partial charge in [-0.15, -0.1) is 0 Å². The molecule has 218 valence electrons. The highest BCUT2D eigenvalue weighted by Crippen LogP contribution is 2.30. The average molecular weight is 564 g/mol. The van der Waals surface area contributed by atoms with Crippen LogP contribution in [0.3, 0.4) is 0 Å². The molecule has 0 radical (unpaired) electrons. The highest BCUT2D eigenvalue weighted by Gasteiger charge is 2.35. The number of anilines is 2. The van der Waals surface area contributed by atoms with Crippen LogP contribution in [0.2, 0.25) is 0 Å². The largest absolute Gasteiger partial charge is 0.497 e. The standard InChI is InChI=1S/C30H37N5O6/c1-7-40-28(37)25-24-16-18-34(27(36)26(24)35(32-25)22-12-14-23(39-6)15-13-22)21-10-8-20(9-11-21)31-17-19-33(5)29(38)41-30(2,3)4/h8-15,31H,7,16-19H2,1-6H3. The van der Waals surface area contributed by atoms with E-state index in [0.717, 1.165) is 11.4 Å². The van der Waals surface area contributed by atoms with Gasteiger partial charge in [-0.2, -0.15) is 5.10 Å². The first-order valence-corrected chi connectivity index (χ1v) is 13.6. The molecule has 2 heterocycles. The number of carbonyl (C=O) groups is 3. The van der Waals surface area contributed by atoms with Gasteiger partial charge in [-0.05, 0) is 82.6 Å². The van der Waals surface area contributed by atoms with Crippen LogP contribution in [0, 0.1) is 0 Å². The van der Waals surface area contributed by atoms with E-state index in [-0.39, 0.29) is 24.3 Å². The zero-order valence-corrected chi connectivity index (χ0v) is 24.4. The van der Waals surface area contributed by atoms with E-state index in [9.17, 15) is 14.4 Å². The van der Waals surface area contributed by atoms with E-state index in [0.29, 0.717) is 48.7 Å². The van der Waals surface area contributed by atoms with E-state index >= 15 is 0 Å². The molecule has 11 heteroatoms. The van der Waals surface area contributed by atoms with Gasteiger partial charge in [0.05, 0.1) is 19.4 Å². The lowest BCUT2D eigenvalue weighted by atomic mass is 10.0. The average Bonchev–Trinajstić information content (AvgIpc) is 3.34. The topological polar surface area (TPSA) is 115 Å². The second-order valence-corrected chi connectivity index (χ2v) is 10.6. The van der Waals surface area contributed by atoms with Crippen LogP contribution in [0.4, 0.5) is 16.2 Å². The van der Waals surface area contributed by atoms with Crippen molar-refractivity contribution >= 4 is 29.3 Å². The lowest BCUT2D eigenvalue weighted by Gasteiger charge is -2.28. The zero-order valence-electron chi connectivity index (χ0n) is 24.4. The van der Waals surface area contributed by atoms with Gasteiger partial charge in [0.25, 0.3) is 5.91 Å². The van der Waals surface area contributed by atoms with Crippen LogP contribution in [-0.2, 0) is 15.9 Å². The van der Waals surface area contributed by atoms with Crippen LogP contribution in [-0.4, -0.2) is 78.6 Å². The number of nitrogens with zero attached hydrogens (tertiary/aromatic N) is 4. The summed E-state index contributed by atoms with van der Waals surface area (Å²) in [5, 5.41) is 7.80. The van der Waals surface area contributed by atoms with Gasteiger partial charge in [0.2, 0.25) is 0 Å². The minimum atomic E-state index is -0.551. The Balaban J connectivity index is 1.50. The number of methoxy groups -OCH3 is 1. The Morgan fingerprint density at radius 2 is 1.71 bits per heavy atom. The van der Waals surface area contributed by atoms with Crippen molar-refractivity contribution in [2.75, 3.05) is 50.6 Å². The van der Waals surface area contributed by atoms with Crippen molar-refractivity contribution in [2.45, 2.75) is 39.7 Å². The number of aromatic nitrogens is 2. The fourth-order valence-corrected chi connectivity index (χ4v) is 4.44. The summed E-state index contributed by atoms with van der Waals surface area (Å²) in [6, 6.07) is 14.6. The molecule has 4 rings (SSSR count). The van der Waals surface area contributed by atoms with Crippen molar-refractivity contribution < 1.29 is 28.6 Å². The molecule has 0 saturated heterocycles. The van der Waals surface area contributed by atoms with Crippen molar-refractivity contribution in [3.05, 3.63) is 65.5 Å². The summed E-state index contributed by atoms with van der Waals surface area (Å²) in [6.07, 6.45) is 0.0696. The normalized spacial score (nSPS) is 12.9. The highest BCUT2D eigenvalue weighted by atomic mass is 16.6. The molecule has 41 heavy (non-hydrogen) atoms.